The second-order valence-corrected chi connectivity index (χ2v) is 0.747. The molecular formula is C3H10Cl4O2. The van der Waals surface area contributed by atoms with Crippen molar-refractivity contribution in [3.05, 3.63) is 0 Å². The van der Waals surface area contributed by atoms with Crippen LogP contribution in [0.1, 0.15) is 13.3 Å². The van der Waals surface area contributed by atoms with Crippen molar-refractivity contribution in [2.24, 2.45) is 0 Å². The van der Waals surface area contributed by atoms with Crippen molar-refractivity contribution < 1.29 is 9.90 Å². The van der Waals surface area contributed by atoms with Crippen LogP contribution < -0.4 is 0 Å². The fourth-order valence-electron chi connectivity index (χ4n) is 0. The quantitative estimate of drug-likeness (QED) is 0.734. The van der Waals surface area contributed by atoms with Gasteiger partial charge in [0.2, 0.25) is 0 Å². The highest BCUT2D eigenvalue weighted by Crippen LogP contribution is 1.67. The Morgan fingerprint density at radius 1 is 1.22 bits per heavy atom. The maximum absolute atomic E-state index is 9.37. The van der Waals surface area contributed by atoms with E-state index >= 15 is 0 Å². The minimum absolute atomic E-state index is 0. The molecule has 0 fully saturated rings. The first kappa shape index (κ1) is 33.5. The third-order valence-corrected chi connectivity index (χ3v) is 0.302. The summed E-state index contributed by atoms with van der Waals surface area (Å²) in [6, 6.07) is 0. The lowest BCUT2D eigenvalue weighted by molar-refractivity contribution is -0.136. The van der Waals surface area contributed by atoms with Crippen molar-refractivity contribution in [3.63, 3.8) is 0 Å². The molecule has 0 unspecified atom stereocenters. The summed E-state index contributed by atoms with van der Waals surface area (Å²) < 4.78 is 0. The fraction of sp³-hybridized carbons (Fsp3) is 0.667. The Balaban J connectivity index is -0.0000000133. The Morgan fingerprint density at radius 3 is 1.33 bits per heavy atom. The molecule has 0 aromatic rings. The van der Waals surface area contributed by atoms with E-state index in [9.17, 15) is 4.79 Å². The van der Waals surface area contributed by atoms with E-state index in [0.29, 0.717) is 0 Å². The van der Waals surface area contributed by atoms with E-state index in [2.05, 4.69) is 0 Å². The van der Waals surface area contributed by atoms with Gasteiger partial charge in [-0.05, 0) is 0 Å². The fourth-order valence-corrected chi connectivity index (χ4v) is 0. The molecule has 0 spiro atoms. The highest BCUT2D eigenvalue weighted by atomic mass is 35.5. The van der Waals surface area contributed by atoms with Crippen LogP contribution in [0.15, 0.2) is 0 Å². The van der Waals surface area contributed by atoms with Crippen LogP contribution in [0.25, 0.3) is 0 Å². The number of carboxylic acids is 1. The molecule has 1 N–H and O–H groups in total. The Hall–Kier alpha value is 0.630. The van der Waals surface area contributed by atoms with Gasteiger partial charge in [0.15, 0.2) is 0 Å². The molecule has 0 aliphatic heterocycles. The van der Waals surface area contributed by atoms with Gasteiger partial charge in [0, 0.05) is 6.42 Å². The molecule has 0 radical (unpaired) electrons. The smallest absolute Gasteiger partial charge is 0.303 e. The molecule has 0 heterocycles. The van der Waals surface area contributed by atoms with Gasteiger partial charge in [0.25, 0.3) is 0 Å². The van der Waals surface area contributed by atoms with Crippen molar-refractivity contribution in [1.82, 2.24) is 0 Å². The summed E-state index contributed by atoms with van der Waals surface area (Å²) in [5.41, 5.74) is 0. The van der Waals surface area contributed by atoms with Crippen molar-refractivity contribution in [2.75, 3.05) is 0 Å². The molecule has 0 saturated carbocycles. The first-order chi connectivity index (χ1) is 2.27. The summed E-state index contributed by atoms with van der Waals surface area (Å²) in [6.45, 7) is 1.60. The number of halogens is 4. The van der Waals surface area contributed by atoms with Crippen molar-refractivity contribution in [2.45, 2.75) is 13.3 Å². The Bertz CT molecular complexity index is 49.1. The molecule has 0 rings (SSSR count). The number of rotatable bonds is 1. The zero-order chi connectivity index (χ0) is 4.28. The van der Waals surface area contributed by atoms with Gasteiger partial charge in [0.05, 0.1) is 0 Å². The first-order valence-electron chi connectivity index (χ1n) is 1.49. The van der Waals surface area contributed by atoms with Crippen LogP contribution >= 0.6 is 49.6 Å². The maximum Gasteiger partial charge on any atom is 0.303 e. The van der Waals surface area contributed by atoms with Crippen LogP contribution in [0.2, 0.25) is 0 Å². The normalized spacial score (nSPS) is 4.11. The molecule has 0 atom stereocenters. The molecule has 0 aliphatic carbocycles. The molecule has 0 saturated heterocycles. The number of aliphatic carboxylic acids is 1. The zero-order valence-corrected chi connectivity index (χ0v) is 7.96. The van der Waals surface area contributed by atoms with Crippen molar-refractivity contribution in [3.8, 4) is 0 Å². The molecule has 9 heavy (non-hydrogen) atoms. The molecule has 0 aliphatic rings. The van der Waals surface area contributed by atoms with Crippen LogP contribution in [0.3, 0.4) is 0 Å². The van der Waals surface area contributed by atoms with Crippen molar-refractivity contribution in [1.29, 1.82) is 0 Å². The van der Waals surface area contributed by atoms with E-state index in [0.717, 1.165) is 0 Å². The monoisotopic (exact) mass is 218 g/mol. The van der Waals surface area contributed by atoms with Crippen LogP contribution in [0.4, 0.5) is 0 Å². The van der Waals surface area contributed by atoms with Gasteiger partial charge in [-0.2, -0.15) is 0 Å². The summed E-state index contributed by atoms with van der Waals surface area (Å²) in [4.78, 5) is 9.37. The summed E-state index contributed by atoms with van der Waals surface area (Å²) in [6.07, 6.45) is 0.222. The van der Waals surface area contributed by atoms with Gasteiger partial charge in [-0.15, -0.1) is 49.6 Å². The van der Waals surface area contributed by atoms with E-state index in [1.54, 1.807) is 6.92 Å². The van der Waals surface area contributed by atoms with Gasteiger partial charge in [-0.25, -0.2) is 0 Å². The van der Waals surface area contributed by atoms with Crippen LogP contribution in [0.5, 0.6) is 0 Å². The molecule has 0 aromatic heterocycles. The maximum atomic E-state index is 9.37. The highest BCUT2D eigenvalue weighted by molar-refractivity contribution is 5.86. The van der Waals surface area contributed by atoms with E-state index in [1.165, 1.54) is 0 Å². The Kier molecular flexibility index (Phi) is 87.1. The molecule has 0 amide bonds. The minimum Gasteiger partial charge on any atom is -0.481 e. The molecule has 62 valence electrons. The Morgan fingerprint density at radius 2 is 1.33 bits per heavy atom. The number of hydrogen-bond donors (Lipinski definition) is 1. The van der Waals surface area contributed by atoms with E-state index in [4.69, 9.17) is 5.11 Å². The molecule has 0 bridgehead atoms. The lowest BCUT2D eigenvalue weighted by Crippen LogP contribution is -1.86. The lowest BCUT2D eigenvalue weighted by Gasteiger charge is -1.71. The van der Waals surface area contributed by atoms with Crippen LogP contribution in [-0.4, -0.2) is 11.1 Å². The largest absolute Gasteiger partial charge is 0.481 e. The van der Waals surface area contributed by atoms with E-state index in [1.807, 2.05) is 0 Å². The molecule has 6 heteroatoms. The SMILES string of the molecule is CCC(=O)O.Cl.Cl.Cl.Cl. The van der Waals surface area contributed by atoms with Gasteiger partial charge in [-0.3, -0.25) is 4.79 Å². The first-order valence-corrected chi connectivity index (χ1v) is 1.49. The second-order valence-electron chi connectivity index (χ2n) is 0.747. The Labute approximate surface area is 79.0 Å². The standard InChI is InChI=1S/C3H6O2.4ClH/c1-2-3(4)5;;;;/h2H2,1H3,(H,4,5);4*1H. The van der Waals surface area contributed by atoms with Gasteiger partial charge in [-0.1, -0.05) is 6.92 Å². The molecule has 2 nitrogen and oxygen atoms in total. The summed E-state index contributed by atoms with van der Waals surface area (Å²) in [5, 5.41) is 7.72. The van der Waals surface area contributed by atoms with Gasteiger partial charge >= 0.3 is 5.97 Å². The average Bonchev–Trinajstić information content (AvgIpc) is 1.38. The van der Waals surface area contributed by atoms with Gasteiger partial charge < -0.3 is 5.11 Å². The topological polar surface area (TPSA) is 37.3 Å². The summed E-state index contributed by atoms with van der Waals surface area (Å²) >= 11 is 0. The van der Waals surface area contributed by atoms with E-state index < -0.39 is 5.97 Å². The molecule has 0 aromatic carbocycles. The third-order valence-electron chi connectivity index (χ3n) is 0.302. The lowest BCUT2D eigenvalue weighted by atomic mass is 10.5. The third kappa shape index (κ3) is 54.8. The number of carboxylic acid groups (broad SMARTS) is 1. The van der Waals surface area contributed by atoms with Gasteiger partial charge in [0.1, 0.15) is 0 Å². The highest BCUT2D eigenvalue weighted by Gasteiger charge is 1.80. The predicted octanol–water partition coefficient (Wildman–Crippen LogP) is 2.17. The van der Waals surface area contributed by atoms with Crippen LogP contribution in [-0.2, 0) is 4.79 Å². The predicted molar refractivity (Wildman–Crippen MR) is 46.9 cm³/mol. The minimum atomic E-state index is -0.745. The number of carbonyl (C=O) groups is 1. The second kappa shape index (κ2) is 23.4. The van der Waals surface area contributed by atoms with Crippen molar-refractivity contribution >= 4 is 55.6 Å². The number of hydrogen-bond acceptors (Lipinski definition) is 1. The molecular weight excluding hydrogens is 210 g/mol. The van der Waals surface area contributed by atoms with Crippen LogP contribution in [0, 0.1) is 0 Å². The summed E-state index contributed by atoms with van der Waals surface area (Å²) in [7, 11) is 0. The van der Waals surface area contributed by atoms with E-state index in [-0.39, 0.29) is 56.0 Å². The summed E-state index contributed by atoms with van der Waals surface area (Å²) in [5.74, 6) is -0.745. The average molecular weight is 220 g/mol. The zero-order valence-electron chi connectivity index (χ0n) is 4.70.